The highest BCUT2D eigenvalue weighted by molar-refractivity contribution is 6.31. The maximum Gasteiger partial charge on any atom is 0.411 e. The molecular formula is C14H10ClFN6O3. The summed E-state index contributed by atoms with van der Waals surface area (Å²) in [4.78, 5) is 21.4. The van der Waals surface area contributed by atoms with E-state index in [9.17, 15) is 14.4 Å². The summed E-state index contributed by atoms with van der Waals surface area (Å²) in [5, 5.41) is 26.0. The van der Waals surface area contributed by atoms with Crippen molar-refractivity contribution in [2.24, 2.45) is 5.16 Å². The van der Waals surface area contributed by atoms with Gasteiger partial charge in [0.05, 0.1) is 10.5 Å². The van der Waals surface area contributed by atoms with Gasteiger partial charge in [0.1, 0.15) is 5.82 Å². The van der Waals surface area contributed by atoms with Gasteiger partial charge < -0.3 is 20.6 Å². The number of benzene rings is 1. The molecule has 1 amide bonds. The maximum absolute atomic E-state index is 13.2. The number of imidazole rings is 1. The van der Waals surface area contributed by atoms with Crippen molar-refractivity contribution in [2.75, 3.05) is 10.6 Å². The lowest BCUT2D eigenvalue weighted by molar-refractivity contribution is 0.209. The molecule has 3 aromatic rings. The maximum atomic E-state index is 13.2. The Bertz CT molecular complexity index is 990. The number of pyridine rings is 1. The van der Waals surface area contributed by atoms with E-state index in [2.05, 4.69) is 30.7 Å². The van der Waals surface area contributed by atoms with Gasteiger partial charge in [-0.1, -0.05) is 16.8 Å². The number of nitrogens with one attached hydrogen (secondary N) is 3. The molecule has 2 heterocycles. The molecule has 0 aliphatic rings. The number of anilines is 2. The second-order valence-corrected chi connectivity index (χ2v) is 5.18. The predicted octanol–water partition coefficient (Wildman–Crippen LogP) is 3.09. The van der Waals surface area contributed by atoms with Crippen LogP contribution in [-0.4, -0.2) is 37.2 Å². The highest BCUT2D eigenvalue weighted by Gasteiger charge is 2.15. The highest BCUT2D eigenvalue weighted by Crippen LogP contribution is 2.22. The van der Waals surface area contributed by atoms with Crippen molar-refractivity contribution in [3.8, 4) is 0 Å². The summed E-state index contributed by atoms with van der Waals surface area (Å²) < 4.78 is 13.2. The van der Waals surface area contributed by atoms with Crippen LogP contribution in [0, 0.1) is 5.82 Å². The van der Waals surface area contributed by atoms with Crippen LogP contribution in [0.3, 0.4) is 0 Å². The lowest BCUT2D eigenvalue weighted by Crippen LogP contribution is -2.14. The van der Waals surface area contributed by atoms with Gasteiger partial charge >= 0.3 is 6.09 Å². The highest BCUT2D eigenvalue weighted by atomic mass is 35.5. The minimum Gasteiger partial charge on any atom is -0.465 e. The average Bonchev–Trinajstić information content (AvgIpc) is 2.97. The molecule has 0 bridgehead atoms. The SMILES string of the molecule is O=C(O)Nc1nc2nccc(C(=NO)Nc3ccc(F)c(Cl)c3)c2[nH]1. The summed E-state index contributed by atoms with van der Waals surface area (Å²) in [5.74, 6) is -0.621. The second-order valence-electron chi connectivity index (χ2n) is 4.78. The van der Waals surface area contributed by atoms with Gasteiger partial charge in [0.2, 0.25) is 5.95 Å². The zero-order chi connectivity index (χ0) is 18.0. The van der Waals surface area contributed by atoms with Gasteiger partial charge in [-0.2, -0.15) is 4.98 Å². The molecule has 0 unspecified atom stereocenters. The van der Waals surface area contributed by atoms with E-state index < -0.39 is 11.9 Å². The molecule has 0 radical (unpaired) electrons. The molecule has 25 heavy (non-hydrogen) atoms. The van der Waals surface area contributed by atoms with Gasteiger partial charge in [0.15, 0.2) is 11.5 Å². The number of H-pyrrole nitrogens is 1. The molecule has 0 aliphatic heterocycles. The van der Waals surface area contributed by atoms with Gasteiger partial charge in [0.25, 0.3) is 0 Å². The predicted molar refractivity (Wildman–Crippen MR) is 88.9 cm³/mol. The van der Waals surface area contributed by atoms with Crippen molar-refractivity contribution >= 4 is 46.3 Å². The van der Waals surface area contributed by atoms with Gasteiger partial charge in [-0.3, -0.25) is 5.32 Å². The summed E-state index contributed by atoms with van der Waals surface area (Å²) in [5.41, 5.74) is 1.28. The molecule has 9 nitrogen and oxygen atoms in total. The molecule has 5 N–H and O–H groups in total. The number of oxime groups is 1. The molecular weight excluding hydrogens is 355 g/mol. The molecule has 1 aromatic carbocycles. The Labute approximate surface area is 144 Å². The summed E-state index contributed by atoms with van der Waals surface area (Å²) >= 11 is 5.73. The number of rotatable bonds is 3. The number of fused-ring (bicyclic) bond motifs is 1. The smallest absolute Gasteiger partial charge is 0.411 e. The molecule has 128 valence electrons. The summed E-state index contributed by atoms with van der Waals surface area (Å²) in [6, 6.07) is 5.42. The molecule has 0 spiro atoms. The van der Waals surface area contributed by atoms with Gasteiger partial charge in [-0.25, -0.2) is 14.2 Å². The topological polar surface area (TPSA) is 136 Å². The number of carbonyl (C=O) groups is 1. The third-order valence-corrected chi connectivity index (χ3v) is 3.44. The Balaban J connectivity index is 1.99. The summed E-state index contributed by atoms with van der Waals surface area (Å²) in [6.45, 7) is 0. The van der Waals surface area contributed by atoms with Crippen LogP contribution >= 0.6 is 11.6 Å². The average molecular weight is 365 g/mol. The first-order chi connectivity index (χ1) is 12.0. The van der Waals surface area contributed by atoms with E-state index in [-0.39, 0.29) is 22.5 Å². The normalized spacial score (nSPS) is 11.5. The van der Waals surface area contributed by atoms with Gasteiger partial charge in [-0.05, 0) is 24.3 Å². The molecule has 0 atom stereocenters. The van der Waals surface area contributed by atoms with E-state index in [1.165, 1.54) is 24.4 Å². The number of hydrogen-bond acceptors (Lipinski definition) is 5. The van der Waals surface area contributed by atoms with Crippen molar-refractivity contribution in [3.63, 3.8) is 0 Å². The Kier molecular flexibility index (Phi) is 4.35. The van der Waals surface area contributed by atoms with Crippen LogP contribution < -0.4 is 10.6 Å². The van der Waals surface area contributed by atoms with Crippen LogP contribution in [-0.2, 0) is 0 Å². The van der Waals surface area contributed by atoms with E-state index in [1.807, 2.05) is 0 Å². The molecule has 0 saturated heterocycles. The minimum atomic E-state index is -1.30. The van der Waals surface area contributed by atoms with E-state index in [1.54, 1.807) is 0 Å². The minimum absolute atomic E-state index is 0.000555. The Hall–Kier alpha value is -3.40. The first kappa shape index (κ1) is 16.5. The second kappa shape index (κ2) is 6.61. The Morgan fingerprint density at radius 3 is 2.80 bits per heavy atom. The van der Waals surface area contributed by atoms with Crippen LogP contribution in [0.4, 0.5) is 20.8 Å². The van der Waals surface area contributed by atoms with Crippen LogP contribution in [0.1, 0.15) is 5.56 Å². The third-order valence-electron chi connectivity index (χ3n) is 3.15. The molecule has 0 aliphatic carbocycles. The fourth-order valence-corrected chi connectivity index (χ4v) is 2.31. The van der Waals surface area contributed by atoms with Crippen molar-refractivity contribution in [1.29, 1.82) is 0 Å². The first-order valence-corrected chi connectivity index (χ1v) is 7.15. The summed E-state index contributed by atoms with van der Waals surface area (Å²) in [7, 11) is 0. The Morgan fingerprint density at radius 2 is 2.12 bits per heavy atom. The standard InChI is InChI=1S/C14H10ClFN6O3/c15-8-5-6(1-2-9(8)16)18-11(22-25)7-3-4-17-12-10(7)19-13(20-12)21-14(23)24/h1-5,25H,(H,18,22)(H,23,24)(H2,17,19,20,21). The lowest BCUT2D eigenvalue weighted by atomic mass is 10.2. The number of hydrogen-bond donors (Lipinski definition) is 5. The number of aromatic amines is 1. The van der Waals surface area contributed by atoms with E-state index in [0.29, 0.717) is 16.8 Å². The number of amidine groups is 1. The number of halogens is 2. The van der Waals surface area contributed by atoms with E-state index >= 15 is 0 Å². The van der Waals surface area contributed by atoms with Gasteiger partial charge in [-0.15, -0.1) is 0 Å². The fraction of sp³-hybridized carbons (Fsp3) is 0. The molecule has 3 rings (SSSR count). The fourth-order valence-electron chi connectivity index (χ4n) is 2.13. The summed E-state index contributed by atoms with van der Waals surface area (Å²) in [6.07, 6.45) is 0.115. The van der Waals surface area contributed by atoms with Gasteiger partial charge in [0, 0.05) is 17.4 Å². The zero-order valence-corrected chi connectivity index (χ0v) is 13.0. The van der Waals surface area contributed by atoms with E-state index in [0.717, 1.165) is 6.07 Å². The lowest BCUT2D eigenvalue weighted by Gasteiger charge is -2.09. The number of amides is 1. The first-order valence-electron chi connectivity index (χ1n) is 6.77. The quantitative estimate of drug-likeness (QED) is 0.210. The van der Waals surface area contributed by atoms with Crippen molar-refractivity contribution in [2.45, 2.75) is 0 Å². The Morgan fingerprint density at radius 1 is 1.32 bits per heavy atom. The van der Waals surface area contributed by atoms with Crippen LogP contribution in [0.15, 0.2) is 35.6 Å². The molecule has 0 saturated carbocycles. The third kappa shape index (κ3) is 3.43. The molecule has 2 aromatic heterocycles. The largest absolute Gasteiger partial charge is 0.465 e. The van der Waals surface area contributed by atoms with Crippen LogP contribution in [0.5, 0.6) is 0 Å². The number of aromatic nitrogens is 3. The number of nitrogens with zero attached hydrogens (tertiary/aromatic N) is 3. The molecule has 11 heteroatoms. The zero-order valence-electron chi connectivity index (χ0n) is 12.3. The molecule has 0 fully saturated rings. The monoisotopic (exact) mass is 364 g/mol. The van der Waals surface area contributed by atoms with Crippen LogP contribution in [0.25, 0.3) is 11.2 Å². The van der Waals surface area contributed by atoms with Crippen LogP contribution in [0.2, 0.25) is 5.02 Å². The van der Waals surface area contributed by atoms with Crippen molar-refractivity contribution in [3.05, 3.63) is 46.9 Å². The number of carboxylic acid groups (broad SMARTS) is 1. The van der Waals surface area contributed by atoms with Crippen molar-refractivity contribution in [1.82, 2.24) is 15.0 Å². The van der Waals surface area contributed by atoms with Crippen molar-refractivity contribution < 1.29 is 19.5 Å². The van der Waals surface area contributed by atoms with E-state index in [4.69, 9.17) is 16.7 Å².